The SMILES string of the molecule is COC(=O)C=C(C#C[Si](C)(C)C)c1ccccc1. The van der Waals surface area contributed by atoms with Crippen LogP contribution in [0.1, 0.15) is 5.56 Å². The maximum Gasteiger partial charge on any atom is 0.331 e. The lowest BCUT2D eigenvalue weighted by molar-refractivity contribution is -0.134. The summed E-state index contributed by atoms with van der Waals surface area (Å²) >= 11 is 0. The van der Waals surface area contributed by atoms with Crippen molar-refractivity contribution in [2.24, 2.45) is 0 Å². The molecule has 0 aliphatic heterocycles. The van der Waals surface area contributed by atoms with E-state index in [2.05, 4.69) is 35.8 Å². The van der Waals surface area contributed by atoms with Crippen molar-refractivity contribution >= 4 is 19.6 Å². The summed E-state index contributed by atoms with van der Waals surface area (Å²) < 4.78 is 4.66. The molecule has 0 saturated carbocycles. The first kappa shape index (κ1) is 14.3. The van der Waals surface area contributed by atoms with Crippen molar-refractivity contribution in [3.8, 4) is 11.5 Å². The van der Waals surface area contributed by atoms with Gasteiger partial charge in [-0.25, -0.2) is 4.79 Å². The number of hydrogen-bond acceptors (Lipinski definition) is 2. The van der Waals surface area contributed by atoms with Crippen LogP contribution in [0.5, 0.6) is 0 Å². The number of rotatable bonds is 2. The molecule has 2 nitrogen and oxygen atoms in total. The van der Waals surface area contributed by atoms with Gasteiger partial charge in [-0.05, 0) is 5.56 Å². The number of benzene rings is 1. The van der Waals surface area contributed by atoms with E-state index >= 15 is 0 Å². The van der Waals surface area contributed by atoms with Crippen molar-refractivity contribution < 1.29 is 9.53 Å². The van der Waals surface area contributed by atoms with Crippen LogP contribution in [0.15, 0.2) is 36.4 Å². The molecule has 0 unspecified atom stereocenters. The molecule has 0 N–H and O–H groups in total. The molecule has 0 heterocycles. The van der Waals surface area contributed by atoms with Crippen molar-refractivity contribution in [1.82, 2.24) is 0 Å². The first-order valence-electron chi connectivity index (χ1n) is 5.80. The number of hydrogen-bond donors (Lipinski definition) is 0. The van der Waals surface area contributed by atoms with Crippen molar-refractivity contribution in [3.05, 3.63) is 42.0 Å². The molecule has 1 rings (SSSR count). The summed E-state index contributed by atoms with van der Waals surface area (Å²) in [5.74, 6) is 2.74. The zero-order chi connectivity index (χ0) is 13.6. The lowest BCUT2D eigenvalue weighted by Crippen LogP contribution is -2.16. The smallest absolute Gasteiger partial charge is 0.331 e. The normalized spacial score (nSPS) is 11.4. The van der Waals surface area contributed by atoms with E-state index in [1.807, 2.05) is 30.3 Å². The van der Waals surface area contributed by atoms with Crippen LogP contribution in [0.3, 0.4) is 0 Å². The number of allylic oxidation sites excluding steroid dienone is 1. The fourth-order valence-electron chi connectivity index (χ4n) is 1.24. The lowest BCUT2D eigenvalue weighted by atomic mass is 10.1. The van der Waals surface area contributed by atoms with E-state index in [4.69, 9.17) is 0 Å². The average molecular weight is 258 g/mol. The van der Waals surface area contributed by atoms with Crippen LogP contribution in [-0.2, 0) is 9.53 Å². The molecule has 0 aliphatic carbocycles. The lowest BCUT2D eigenvalue weighted by Gasteiger charge is -2.05. The zero-order valence-corrected chi connectivity index (χ0v) is 12.3. The molecule has 94 valence electrons. The summed E-state index contributed by atoms with van der Waals surface area (Å²) in [4.78, 5) is 11.4. The van der Waals surface area contributed by atoms with Gasteiger partial charge >= 0.3 is 5.97 Å². The van der Waals surface area contributed by atoms with Gasteiger partial charge in [0.15, 0.2) is 0 Å². The Morgan fingerprint density at radius 2 is 1.83 bits per heavy atom. The monoisotopic (exact) mass is 258 g/mol. The van der Waals surface area contributed by atoms with E-state index in [-0.39, 0.29) is 5.97 Å². The Bertz CT molecular complexity index is 499. The molecule has 0 saturated heterocycles. The molecule has 3 heteroatoms. The predicted octanol–water partition coefficient (Wildman–Crippen LogP) is 3.12. The molecule has 0 aliphatic rings. The van der Waals surface area contributed by atoms with Crippen LogP contribution in [0.4, 0.5) is 0 Å². The average Bonchev–Trinajstić information content (AvgIpc) is 2.34. The van der Waals surface area contributed by atoms with Crippen LogP contribution in [0.25, 0.3) is 5.57 Å². The molecule has 1 aromatic rings. The van der Waals surface area contributed by atoms with Crippen LogP contribution in [-0.4, -0.2) is 21.2 Å². The minimum absolute atomic E-state index is 0.376. The third-order valence-corrected chi connectivity index (χ3v) is 3.00. The van der Waals surface area contributed by atoms with Crippen molar-refractivity contribution in [2.45, 2.75) is 19.6 Å². The van der Waals surface area contributed by atoms with E-state index in [0.29, 0.717) is 5.57 Å². The fraction of sp³-hybridized carbons (Fsp3) is 0.267. The van der Waals surface area contributed by atoms with Gasteiger partial charge in [0.1, 0.15) is 8.07 Å². The summed E-state index contributed by atoms with van der Waals surface area (Å²) in [7, 11) is -0.0997. The fourth-order valence-corrected chi connectivity index (χ4v) is 1.75. The molecule has 0 aromatic heterocycles. The van der Waals surface area contributed by atoms with E-state index in [1.54, 1.807) is 0 Å². The Morgan fingerprint density at radius 1 is 1.22 bits per heavy atom. The molecule has 0 radical (unpaired) electrons. The van der Waals surface area contributed by atoms with Crippen LogP contribution in [0, 0.1) is 11.5 Å². The molecule has 0 fully saturated rings. The molecule has 0 amide bonds. The second kappa shape index (κ2) is 6.22. The van der Waals surface area contributed by atoms with E-state index in [9.17, 15) is 4.79 Å². The van der Waals surface area contributed by atoms with Crippen LogP contribution >= 0.6 is 0 Å². The minimum Gasteiger partial charge on any atom is -0.466 e. The second-order valence-corrected chi connectivity index (χ2v) is 9.70. The van der Waals surface area contributed by atoms with Gasteiger partial charge in [0.05, 0.1) is 7.11 Å². The largest absolute Gasteiger partial charge is 0.466 e. The minimum atomic E-state index is -1.47. The van der Waals surface area contributed by atoms with Crippen molar-refractivity contribution in [3.63, 3.8) is 0 Å². The summed E-state index contributed by atoms with van der Waals surface area (Å²) in [5.41, 5.74) is 4.91. The number of carbonyl (C=O) groups excluding carboxylic acids is 1. The van der Waals surface area contributed by atoms with Crippen LogP contribution < -0.4 is 0 Å². The third-order valence-electron chi connectivity index (χ3n) is 2.12. The molecule has 1 aromatic carbocycles. The van der Waals surface area contributed by atoms with E-state index < -0.39 is 8.07 Å². The summed E-state index contributed by atoms with van der Waals surface area (Å²) in [5, 5.41) is 0. The van der Waals surface area contributed by atoms with E-state index in [1.165, 1.54) is 13.2 Å². The maximum absolute atomic E-state index is 11.4. The molecule has 18 heavy (non-hydrogen) atoms. The van der Waals surface area contributed by atoms with Crippen LogP contribution in [0.2, 0.25) is 19.6 Å². The van der Waals surface area contributed by atoms with Gasteiger partial charge in [-0.3, -0.25) is 0 Å². The highest BCUT2D eigenvalue weighted by atomic mass is 28.3. The molecular formula is C15H18O2Si. The summed E-state index contributed by atoms with van der Waals surface area (Å²) in [6.07, 6.45) is 1.45. The van der Waals surface area contributed by atoms with E-state index in [0.717, 1.165) is 5.56 Å². The van der Waals surface area contributed by atoms with Gasteiger partial charge in [0.25, 0.3) is 0 Å². The maximum atomic E-state index is 11.4. The van der Waals surface area contributed by atoms with Gasteiger partial charge in [-0.15, -0.1) is 5.54 Å². The molecule has 0 spiro atoms. The highest BCUT2D eigenvalue weighted by Crippen LogP contribution is 2.13. The predicted molar refractivity (Wildman–Crippen MR) is 77.6 cm³/mol. The molecule has 0 bridgehead atoms. The Kier molecular flexibility index (Phi) is 4.93. The quantitative estimate of drug-likeness (QED) is 0.352. The standard InChI is InChI=1S/C15H18O2Si/c1-17-15(16)12-14(10-11-18(2,3)4)13-8-6-5-7-9-13/h5-9,12H,1-4H3. The highest BCUT2D eigenvalue weighted by molar-refractivity contribution is 6.84. The van der Waals surface area contributed by atoms with Gasteiger partial charge in [0.2, 0.25) is 0 Å². The van der Waals surface area contributed by atoms with Crippen molar-refractivity contribution in [2.75, 3.05) is 7.11 Å². The Hall–Kier alpha value is -1.79. The number of methoxy groups -OCH3 is 1. The Morgan fingerprint density at radius 3 is 2.33 bits per heavy atom. The zero-order valence-electron chi connectivity index (χ0n) is 11.3. The first-order valence-corrected chi connectivity index (χ1v) is 9.30. The Labute approximate surface area is 110 Å². The Balaban J connectivity index is 3.15. The second-order valence-electron chi connectivity index (χ2n) is 4.95. The topological polar surface area (TPSA) is 26.3 Å². The third kappa shape index (κ3) is 5.02. The van der Waals surface area contributed by atoms with Crippen molar-refractivity contribution in [1.29, 1.82) is 0 Å². The van der Waals surface area contributed by atoms with Gasteiger partial charge in [0, 0.05) is 11.6 Å². The molecule has 0 atom stereocenters. The summed E-state index contributed by atoms with van der Waals surface area (Å²) in [6.45, 7) is 6.50. The number of ether oxygens (including phenoxy) is 1. The number of carbonyl (C=O) groups is 1. The van der Waals surface area contributed by atoms with Gasteiger partial charge < -0.3 is 4.74 Å². The number of esters is 1. The van der Waals surface area contributed by atoms with Gasteiger partial charge in [-0.2, -0.15) is 0 Å². The summed E-state index contributed by atoms with van der Waals surface area (Å²) in [6, 6.07) is 9.67. The molecular weight excluding hydrogens is 240 g/mol. The van der Waals surface area contributed by atoms with Gasteiger partial charge in [-0.1, -0.05) is 55.9 Å². The first-order chi connectivity index (χ1) is 8.42. The highest BCUT2D eigenvalue weighted by Gasteiger charge is 2.09.